The highest BCUT2D eigenvalue weighted by atomic mass is 16.6. The first-order chi connectivity index (χ1) is 15.3. The molecule has 8 heteroatoms. The highest BCUT2D eigenvalue weighted by molar-refractivity contribution is 6.14. The van der Waals surface area contributed by atoms with Crippen molar-refractivity contribution in [2.75, 3.05) is 26.4 Å². The fourth-order valence-corrected chi connectivity index (χ4v) is 3.24. The molecule has 8 nitrogen and oxygen atoms in total. The molecule has 0 atom stereocenters. The Hall–Kier alpha value is -3.16. The number of hydrogen-bond donors (Lipinski definition) is 0. The molecule has 0 aromatic carbocycles. The smallest absolute Gasteiger partial charge is 0.325 e. The van der Waals surface area contributed by atoms with E-state index in [9.17, 15) is 19.2 Å². The van der Waals surface area contributed by atoms with E-state index < -0.39 is 47.5 Å². The maximum atomic E-state index is 13.4. The maximum Gasteiger partial charge on any atom is 0.325 e. The molecule has 178 valence electrons. The van der Waals surface area contributed by atoms with Crippen molar-refractivity contribution in [3.8, 4) is 0 Å². The molecule has 0 aromatic rings. The number of carbonyl (C=O) groups is 4. The van der Waals surface area contributed by atoms with Crippen molar-refractivity contribution in [1.29, 1.82) is 0 Å². The quantitative estimate of drug-likeness (QED) is 0.162. The first-order valence-corrected chi connectivity index (χ1v) is 10.5. The fourth-order valence-electron chi connectivity index (χ4n) is 3.24. The molecule has 0 fully saturated rings. The van der Waals surface area contributed by atoms with Gasteiger partial charge in [-0.1, -0.05) is 49.6 Å². The molecule has 0 heterocycles. The van der Waals surface area contributed by atoms with E-state index >= 15 is 0 Å². The third kappa shape index (κ3) is 6.18. The summed E-state index contributed by atoms with van der Waals surface area (Å²) in [6, 6.07) is 0. The highest BCUT2D eigenvalue weighted by Gasteiger charge is 2.72. The molecule has 0 aromatic heterocycles. The number of allylic oxidation sites excluding steroid dienone is 6. The van der Waals surface area contributed by atoms with Crippen LogP contribution in [0.4, 0.5) is 0 Å². The monoisotopic (exact) mass is 450 g/mol. The standard InChI is InChI=1S/C24H34O8/c1-7-13-15-17-23(19(25)29-9-3,20(26)30-10-4)24(18-16-14-8-2,21(27)31-11-5)22(28)32-12-6/h7-8,13-16H,1-2,9-12,17-18H2,3-6H3/b15-13-,16-14-. The minimum Gasteiger partial charge on any atom is -0.465 e. The van der Waals surface area contributed by atoms with Crippen molar-refractivity contribution in [2.45, 2.75) is 40.5 Å². The lowest BCUT2D eigenvalue weighted by Gasteiger charge is -2.41. The van der Waals surface area contributed by atoms with E-state index in [1.54, 1.807) is 27.7 Å². The van der Waals surface area contributed by atoms with Crippen LogP contribution in [0.1, 0.15) is 40.5 Å². The average Bonchev–Trinajstić information content (AvgIpc) is 2.75. The molecule has 0 aliphatic carbocycles. The van der Waals surface area contributed by atoms with Crippen molar-refractivity contribution in [2.24, 2.45) is 10.8 Å². The summed E-state index contributed by atoms with van der Waals surface area (Å²) in [7, 11) is 0. The number of rotatable bonds is 15. The second-order valence-corrected chi connectivity index (χ2v) is 6.43. The molecule has 0 spiro atoms. The van der Waals surface area contributed by atoms with E-state index in [0.717, 1.165) is 0 Å². The Kier molecular flexibility index (Phi) is 13.3. The molecule has 0 rings (SSSR count). The molecule has 0 radical (unpaired) electrons. The van der Waals surface area contributed by atoms with Crippen LogP contribution in [0.25, 0.3) is 0 Å². The van der Waals surface area contributed by atoms with Crippen LogP contribution in [-0.4, -0.2) is 50.3 Å². The van der Waals surface area contributed by atoms with Crippen LogP contribution in [0, 0.1) is 10.8 Å². The van der Waals surface area contributed by atoms with Gasteiger partial charge < -0.3 is 18.9 Å². The number of ether oxygens (including phenoxy) is 4. The van der Waals surface area contributed by atoms with Gasteiger partial charge in [-0.15, -0.1) is 0 Å². The van der Waals surface area contributed by atoms with Crippen LogP contribution in [-0.2, 0) is 38.1 Å². The lowest BCUT2D eigenvalue weighted by atomic mass is 9.59. The lowest BCUT2D eigenvalue weighted by Crippen LogP contribution is -2.62. The summed E-state index contributed by atoms with van der Waals surface area (Å²) >= 11 is 0. The normalized spacial score (nSPS) is 11.8. The molecule has 0 saturated carbocycles. The van der Waals surface area contributed by atoms with Gasteiger partial charge in [-0.05, 0) is 40.5 Å². The van der Waals surface area contributed by atoms with Crippen LogP contribution < -0.4 is 0 Å². The zero-order valence-corrected chi connectivity index (χ0v) is 19.4. The second kappa shape index (κ2) is 14.8. The van der Waals surface area contributed by atoms with Crippen LogP contribution in [0.3, 0.4) is 0 Å². The van der Waals surface area contributed by atoms with Gasteiger partial charge >= 0.3 is 23.9 Å². The Balaban J connectivity index is 7.52. The first-order valence-electron chi connectivity index (χ1n) is 10.5. The summed E-state index contributed by atoms with van der Waals surface area (Å²) in [6.45, 7) is 12.9. The van der Waals surface area contributed by atoms with Crippen LogP contribution in [0.15, 0.2) is 49.6 Å². The van der Waals surface area contributed by atoms with E-state index in [0.29, 0.717) is 0 Å². The third-order valence-corrected chi connectivity index (χ3v) is 4.62. The molecule has 32 heavy (non-hydrogen) atoms. The summed E-state index contributed by atoms with van der Waals surface area (Å²) < 4.78 is 20.9. The van der Waals surface area contributed by atoms with E-state index in [1.807, 2.05) is 0 Å². The Labute approximate surface area is 189 Å². The van der Waals surface area contributed by atoms with Gasteiger partial charge in [0.25, 0.3) is 0 Å². The zero-order chi connectivity index (χ0) is 24.6. The minimum atomic E-state index is -2.41. The molecule has 0 bridgehead atoms. The minimum absolute atomic E-state index is 0.102. The Morgan fingerprint density at radius 2 is 0.844 bits per heavy atom. The Morgan fingerprint density at radius 3 is 1.03 bits per heavy atom. The Morgan fingerprint density at radius 1 is 0.594 bits per heavy atom. The molecular weight excluding hydrogens is 416 g/mol. The predicted octanol–water partition coefficient (Wildman–Crippen LogP) is 3.48. The largest absolute Gasteiger partial charge is 0.465 e. The number of carbonyl (C=O) groups excluding carboxylic acids is 4. The topological polar surface area (TPSA) is 105 Å². The van der Waals surface area contributed by atoms with E-state index in [4.69, 9.17) is 18.9 Å². The predicted molar refractivity (Wildman–Crippen MR) is 119 cm³/mol. The first kappa shape index (κ1) is 28.8. The number of hydrogen-bond acceptors (Lipinski definition) is 8. The molecule has 0 aliphatic rings. The van der Waals surface area contributed by atoms with Crippen molar-refractivity contribution < 1.29 is 38.1 Å². The highest BCUT2D eigenvalue weighted by Crippen LogP contribution is 2.50. The van der Waals surface area contributed by atoms with Crippen LogP contribution >= 0.6 is 0 Å². The fraction of sp³-hybridized carbons (Fsp3) is 0.500. The van der Waals surface area contributed by atoms with Gasteiger partial charge in [-0.25, -0.2) is 0 Å². The molecule has 0 aliphatic heterocycles. The summed E-state index contributed by atoms with van der Waals surface area (Å²) in [4.78, 5) is 53.7. The van der Waals surface area contributed by atoms with Gasteiger partial charge in [0.1, 0.15) is 0 Å². The van der Waals surface area contributed by atoms with Gasteiger partial charge in [-0.2, -0.15) is 0 Å². The average molecular weight is 451 g/mol. The second-order valence-electron chi connectivity index (χ2n) is 6.43. The molecule has 0 unspecified atom stereocenters. The van der Waals surface area contributed by atoms with Crippen LogP contribution in [0.2, 0.25) is 0 Å². The molecule has 0 N–H and O–H groups in total. The van der Waals surface area contributed by atoms with Gasteiger partial charge in [-0.3, -0.25) is 19.2 Å². The summed E-state index contributed by atoms with van der Waals surface area (Å²) in [6.07, 6.45) is 7.90. The Bertz CT molecular complexity index is 634. The van der Waals surface area contributed by atoms with Gasteiger partial charge in [0.2, 0.25) is 0 Å². The van der Waals surface area contributed by atoms with E-state index in [2.05, 4.69) is 13.2 Å². The lowest BCUT2D eigenvalue weighted by molar-refractivity contribution is -0.203. The van der Waals surface area contributed by atoms with Crippen molar-refractivity contribution in [1.82, 2.24) is 0 Å². The van der Waals surface area contributed by atoms with E-state index in [-0.39, 0.29) is 26.4 Å². The van der Waals surface area contributed by atoms with Gasteiger partial charge in [0.15, 0.2) is 10.8 Å². The molecular formula is C24H34O8. The van der Waals surface area contributed by atoms with Crippen molar-refractivity contribution in [3.05, 3.63) is 49.6 Å². The molecule has 0 amide bonds. The van der Waals surface area contributed by atoms with Gasteiger partial charge in [0.05, 0.1) is 26.4 Å². The summed E-state index contributed by atoms with van der Waals surface area (Å²) in [5.74, 6) is -4.39. The van der Waals surface area contributed by atoms with Crippen LogP contribution in [0.5, 0.6) is 0 Å². The zero-order valence-electron chi connectivity index (χ0n) is 19.4. The van der Waals surface area contributed by atoms with Crippen molar-refractivity contribution in [3.63, 3.8) is 0 Å². The molecule has 0 saturated heterocycles. The number of esters is 4. The third-order valence-electron chi connectivity index (χ3n) is 4.62. The summed E-state index contributed by atoms with van der Waals surface area (Å²) in [5.41, 5.74) is -4.83. The van der Waals surface area contributed by atoms with Gasteiger partial charge in [0, 0.05) is 0 Å². The maximum absolute atomic E-state index is 13.4. The van der Waals surface area contributed by atoms with E-state index in [1.165, 1.54) is 36.5 Å². The summed E-state index contributed by atoms with van der Waals surface area (Å²) in [5, 5.41) is 0. The SMILES string of the molecule is C=C/C=C\CC(C(=O)OCC)(C(=O)OCC)C(C/C=C\C=C)(C(=O)OCC)C(=O)OCC. The van der Waals surface area contributed by atoms with Crippen molar-refractivity contribution >= 4 is 23.9 Å².